The van der Waals surface area contributed by atoms with E-state index in [0.29, 0.717) is 19.2 Å². The van der Waals surface area contributed by atoms with E-state index in [2.05, 4.69) is 38.8 Å². The van der Waals surface area contributed by atoms with Crippen molar-refractivity contribution in [3.05, 3.63) is 85.3 Å². The normalized spacial score (nSPS) is 15.1. The monoisotopic (exact) mass is 369 g/mol. The molecular weight excluding hydrogens is 350 g/mol. The van der Waals surface area contributed by atoms with E-state index in [1.807, 2.05) is 54.9 Å². The minimum Gasteiger partial charge on any atom is -0.490 e. The number of hydrogen-bond acceptors (Lipinski definition) is 4. The van der Waals surface area contributed by atoms with E-state index in [1.54, 1.807) is 6.20 Å². The van der Waals surface area contributed by atoms with Crippen LogP contribution in [-0.2, 0) is 6.54 Å². The summed E-state index contributed by atoms with van der Waals surface area (Å²) in [5, 5.41) is 0. The van der Waals surface area contributed by atoms with Gasteiger partial charge in [-0.15, -0.1) is 0 Å². The molecule has 1 aliphatic rings. The molecule has 0 aliphatic carbocycles. The van der Waals surface area contributed by atoms with Gasteiger partial charge in [-0.2, -0.15) is 0 Å². The molecule has 0 fully saturated rings. The van der Waals surface area contributed by atoms with Crippen molar-refractivity contribution in [2.75, 3.05) is 6.61 Å². The van der Waals surface area contributed by atoms with E-state index in [1.165, 1.54) is 11.1 Å². The summed E-state index contributed by atoms with van der Waals surface area (Å²) in [6.07, 6.45) is 5.36. The van der Waals surface area contributed by atoms with Crippen LogP contribution in [0.5, 0.6) is 11.8 Å². The van der Waals surface area contributed by atoms with Crippen molar-refractivity contribution in [1.82, 2.24) is 14.5 Å². The third-order valence-corrected chi connectivity index (χ3v) is 4.83. The van der Waals surface area contributed by atoms with Crippen molar-refractivity contribution in [3.8, 4) is 34.1 Å². The lowest BCUT2D eigenvalue weighted by molar-refractivity contribution is 0.143. The number of fused-ring (bicyclic) bond motifs is 1. The highest BCUT2D eigenvalue weighted by Gasteiger charge is 2.27. The quantitative estimate of drug-likeness (QED) is 0.521. The third kappa shape index (κ3) is 3.22. The number of nitrogens with zero attached hydrogens (tertiary/aromatic N) is 3. The fourth-order valence-electron chi connectivity index (χ4n) is 3.41. The Labute approximate surface area is 163 Å². The minimum atomic E-state index is -0.0621. The molecule has 0 amide bonds. The van der Waals surface area contributed by atoms with Gasteiger partial charge < -0.3 is 9.47 Å². The van der Waals surface area contributed by atoms with Gasteiger partial charge in [-0.3, -0.25) is 9.55 Å². The summed E-state index contributed by atoms with van der Waals surface area (Å²) in [6.45, 7) is 1.18. The van der Waals surface area contributed by atoms with E-state index >= 15 is 0 Å². The molecule has 5 rings (SSSR count). The maximum absolute atomic E-state index is 5.95. The molecule has 1 aliphatic heterocycles. The Balaban J connectivity index is 1.23. The van der Waals surface area contributed by atoms with Crippen LogP contribution in [-0.4, -0.2) is 27.2 Å². The highest BCUT2D eigenvalue weighted by Crippen LogP contribution is 2.29. The standard InChI is InChI=1S/C23H19N3O2/c1-2-5-17(6-3-1)18-8-10-20(11-9-18)27-16-21-15-26-22(14-25-23(26)28-21)19-7-4-12-24-13-19/h1-14,21H,15-16H2/t21-/m0/s1. The Morgan fingerprint density at radius 1 is 0.893 bits per heavy atom. The number of ether oxygens (including phenoxy) is 2. The van der Waals surface area contributed by atoms with Crippen LogP contribution < -0.4 is 9.47 Å². The molecular formula is C23H19N3O2. The Hall–Kier alpha value is -3.60. The number of imidazole rings is 1. The highest BCUT2D eigenvalue weighted by molar-refractivity contribution is 5.64. The maximum atomic E-state index is 5.95. The number of aromatic nitrogens is 3. The summed E-state index contributed by atoms with van der Waals surface area (Å²) in [4.78, 5) is 8.56. The molecule has 1 atom stereocenters. The van der Waals surface area contributed by atoms with Gasteiger partial charge in [0.05, 0.1) is 18.4 Å². The molecule has 28 heavy (non-hydrogen) atoms. The van der Waals surface area contributed by atoms with Crippen LogP contribution in [0.15, 0.2) is 85.3 Å². The lowest BCUT2D eigenvalue weighted by Gasteiger charge is -2.12. The van der Waals surface area contributed by atoms with Gasteiger partial charge >= 0.3 is 0 Å². The van der Waals surface area contributed by atoms with Gasteiger partial charge in [0.1, 0.15) is 12.4 Å². The van der Waals surface area contributed by atoms with Crippen LogP contribution in [0.1, 0.15) is 0 Å². The highest BCUT2D eigenvalue weighted by atomic mass is 16.6. The first-order valence-corrected chi connectivity index (χ1v) is 9.28. The van der Waals surface area contributed by atoms with Gasteiger partial charge in [0.15, 0.2) is 6.10 Å². The molecule has 5 nitrogen and oxygen atoms in total. The van der Waals surface area contributed by atoms with Crippen LogP contribution >= 0.6 is 0 Å². The molecule has 4 aromatic rings. The molecule has 0 saturated heterocycles. The van der Waals surface area contributed by atoms with E-state index in [0.717, 1.165) is 17.0 Å². The summed E-state index contributed by atoms with van der Waals surface area (Å²) in [5.74, 6) is 0.834. The second-order valence-corrected chi connectivity index (χ2v) is 6.72. The third-order valence-electron chi connectivity index (χ3n) is 4.83. The summed E-state index contributed by atoms with van der Waals surface area (Å²) >= 11 is 0. The van der Waals surface area contributed by atoms with Gasteiger partial charge in [0.2, 0.25) is 0 Å². The molecule has 0 N–H and O–H groups in total. The summed E-state index contributed by atoms with van der Waals surface area (Å²) in [7, 11) is 0. The molecule has 3 heterocycles. The van der Waals surface area contributed by atoms with Crippen molar-refractivity contribution >= 4 is 0 Å². The average Bonchev–Trinajstić information content (AvgIpc) is 3.34. The second kappa shape index (κ2) is 7.19. The van der Waals surface area contributed by atoms with E-state index in [9.17, 15) is 0 Å². The first-order chi connectivity index (χ1) is 13.9. The number of hydrogen-bond donors (Lipinski definition) is 0. The lowest BCUT2D eigenvalue weighted by Crippen LogP contribution is -2.23. The molecule has 138 valence electrons. The predicted molar refractivity (Wildman–Crippen MR) is 107 cm³/mol. The first-order valence-electron chi connectivity index (χ1n) is 9.28. The van der Waals surface area contributed by atoms with E-state index in [-0.39, 0.29) is 6.10 Å². The topological polar surface area (TPSA) is 49.2 Å². The molecule has 2 aromatic heterocycles. The van der Waals surface area contributed by atoms with Crippen LogP contribution in [0.25, 0.3) is 22.4 Å². The molecule has 5 heteroatoms. The van der Waals surface area contributed by atoms with Crippen molar-refractivity contribution < 1.29 is 9.47 Å². The minimum absolute atomic E-state index is 0.0621. The summed E-state index contributed by atoms with van der Waals surface area (Å²) in [5.41, 5.74) is 4.41. The van der Waals surface area contributed by atoms with E-state index in [4.69, 9.17) is 9.47 Å². The molecule has 0 spiro atoms. The van der Waals surface area contributed by atoms with Crippen molar-refractivity contribution in [1.29, 1.82) is 0 Å². The largest absolute Gasteiger partial charge is 0.490 e. The van der Waals surface area contributed by atoms with Crippen LogP contribution in [0.3, 0.4) is 0 Å². The van der Waals surface area contributed by atoms with Gasteiger partial charge in [0, 0.05) is 18.0 Å². The smallest absolute Gasteiger partial charge is 0.297 e. The van der Waals surface area contributed by atoms with Crippen molar-refractivity contribution in [2.24, 2.45) is 0 Å². The number of benzene rings is 2. The second-order valence-electron chi connectivity index (χ2n) is 6.72. The van der Waals surface area contributed by atoms with Gasteiger partial charge in [-0.25, -0.2) is 4.98 Å². The van der Waals surface area contributed by atoms with E-state index < -0.39 is 0 Å². The first kappa shape index (κ1) is 16.6. The molecule has 0 bridgehead atoms. The van der Waals surface area contributed by atoms with Crippen LogP contribution in [0, 0.1) is 0 Å². The van der Waals surface area contributed by atoms with Gasteiger partial charge in [-0.05, 0) is 35.4 Å². The Morgan fingerprint density at radius 3 is 2.46 bits per heavy atom. The average molecular weight is 369 g/mol. The fourth-order valence-corrected chi connectivity index (χ4v) is 3.41. The van der Waals surface area contributed by atoms with Crippen LogP contribution in [0.2, 0.25) is 0 Å². The molecule has 0 unspecified atom stereocenters. The Kier molecular flexibility index (Phi) is 4.26. The zero-order chi connectivity index (χ0) is 18.8. The van der Waals surface area contributed by atoms with Gasteiger partial charge in [-0.1, -0.05) is 42.5 Å². The fraction of sp³-hybridized carbons (Fsp3) is 0.130. The summed E-state index contributed by atoms with van der Waals surface area (Å²) < 4.78 is 14.0. The zero-order valence-corrected chi connectivity index (χ0v) is 15.2. The van der Waals surface area contributed by atoms with Crippen LogP contribution in [0.4, 0.5) is 0 Å². The number of rotatable bonds is 5. The molecule has 2 aromatic carbocycles. The Bertz CT molecular complexity index is 1060. The molecule has 0 radical (unpaired) electrons. The maximum Gasteiger partial charge on any atom is 0.297 e. The zero-order valence-electron chi connectivity index (χ0n) is 15.2. The lowest BCUT2D eigenvalue weighted by atomic mass is 10.1. The summed E-state index contributed by atoms with van der Waals surface area (Å²) in [6, 6.07) is 23.0. The predicted octanol–water partition coefficient (Wildman–Crippen LogP) is 4.45. The van der Waals surface area contributed by atoms with Crippen molar-refractivity contribution in [2.45, 2.75) is 12.6 Å². The van der Waals surface area contributed by atoms with Crippen molar-refractivity contribution in [3.63, 3.8) is 0 Å². The number of pyridine rings is 1. The molecule has 0 saturated carbocycles. The van der Waals surface area contributed by atoms with Gasteiger partial charge in [0.25, 0.3) is 6.01 Å². The Morgan fingerprint density at radius 2 is 1.68 bits per heavy atom. The SMILES string of the molecule is c1ccc(-c2ccc(OC[C@@H]3Cn4c(-c5cccnc5)cnc4O3)cc2)cc1.